The monoisotopic (exact) mass is 423 g/mol. The van der Waals surface area contributed by atoms with Crippen LogP contribution in [0.5, 0.6) is 0 Å². The lowest BCUT2D eigenvalue weighted by atomic mass is 9.97. The topological polar surface area (TPSA) is 101 Å². The second-order valence-electron chi connectivity index (χ2n) is 6.72. The molecule has 7 nitrogen and oxygen atoms in total. The van der Waals surface area contributed by atoms with Gasteiger partial charge in [0.1, 0.15) is 10.7 Å². The Kier molecular flexibility index (Phi) is 7.50. The van der Waals surface area contributed by atoms with Crippen molar-refractivity contribution in [1.82, 2.24) is 15.3 Å². The Hall–Kier alpha value is -1.87. The number of rotatable bonds is 9. The van der Waals surface area contributed by atoms with Crippen LogP contribution in [0.4, 0.5) is 0 Å². The first-order valence-electron chi connectivity index (χ1n) is 9.62. The molecule has 0 unspecified atom stereocenters. The van der Waals surface area contributed by atoms with E-state index in [1.807, 2.05) is 6.92 Å². The molecule has 3 rings (SSSR count). The zero-order chi connectivity index (χ0) is 19.9. The van der Waals surface area contributed by atoms with E-state index in [2.05, 4.69) is 15.3 Å². The summed E-state index contributed by atoms with van der Waals surface area (Å²) in [5, 5.41) is 3.41. The smallest absolute Gasteiger partial charge is 0.307 e. The Bertz CT molecular complexity index is 906. The van der Waals surface area contributed by atoms with Crippen molar-refractivity contribution in [3.63, 3.8) is 0 Å². The number of ether oxygens (including phenoxy) is 1. The molecule has 0 saturated heterocycles. The van der Waals surface area contributed by atoms with E-state index in [1.54, 1.807) is 11.3 Å². The zero-order valence-corrected chi connectivity index (χ0v) is 17.6. The van der Waals surface area contributed by atoms with Gasteiger partial charge in [0.25, 0.3) is 11.5 Å². The molecule has 0 radical (unpaired) electrons. The minimum absolute atomic E-state index is 0.0579. The van der Waals surface area contributed by atoms with Crippen LogP contribution < -0.4 is 10.9 Å². The Balaban J connectivity index is 1.46. The first kappa shape index (κ1) is 20.9. The summed E-state index contributed by atoms with van der Waals surface area (Å²) in [6.45, 7) is 2.29. The number of nitrogens with one attached hydrogen (secondary N) is 2. The number of aromatic amines is 1. The fraction of sp³-hybridized carbons (Fsp3) is 0.579. The number of esters is 1. The van der Waals surface area contributed by atoms with Gasteiger partial charge in [-0.05, 0) is 37.7 Å². The highest BCUT2D eigenvalue weighted by Gasteiger charge is 2.19. The van der Waals surface area contributed by atoms with Crippen LogP contribution in [0, 0.1) is 0 Å². The van der Waals surface area contributed by atoms with E-state index < -0.39 is 5.97 Å². The van der Waals surface area contributed by atoms with Crippen molar-refractivity contribution in [3.05, 3.63) is 26.6 Å². The van der Waals surface area contributed by atoms with Crippen LogP contribution >= 0.6 is 23.1 Å². The quantitative estimate of drug-likeness (QED) is 0.475. The summed E-state index contributed by atoms with van der Waals surface area (Å²) >= 11 is 3.14. The fourth-order valence-corrected chi connectivity index (χ4v) is 5.20. The van der Waals surface area contributed by atoms with Gasteiger partial charge in [-0.2, -0.15) is 11.8 Å². The number of thioether (sulfide) groups is 1. The largest absolute Gasteiger partial charge is 0.456 e. The van der Waals surface area contributed by atoms with Crippen LogP contribution in [0.2, 0.25) is 0 Å². The minimum Gasteiger partial charge on any atom is -0.456 e. The minimum atomic E-state index is -0.401. The number of aromatic nitrogens is 2. The Morgan fingerprint density at radius 1 is 1.32 bits per heavy atom. The molecule has 0 atom stereocenters. The summed E-state index contributed by atoms with van der Waals surface area (Å²) in [6, 6.07) is 0. The van der Waals surface area contributed by atoms with Crippen LogP contribution in [-0.4, -0.2) is 40.7 Å². The summed E-state index contributed by atoms with van der Waals surface area (Å²) in [5.74, 6) is 1.02. The molecule has 0 aromatic carbocycles. The molecule has 152 valence electrons. The number of H-pyrrole nitrogens is 1. The second-order valence-corrected chi connectivity index (χ2v) is 8.91. The summed E-state index contributed by atoms with van der Waals surface area (Å²) < 4.78 is 4.94. The average molecular weight is 424 g/mol. The fourth-order valence-electron chi connectivity index (χ4n) is 3.13. The van der Waals surface area contributed by atoms with E-state index in [1.165, 1.54) is 28.6 Å². The molecule has 0 spiro atoms. The van der Waals surface area contributed by atoms with Gasteiger partial charge in [0.2, 0.25) is 0 Å². The van der Waals surface area contributed by atoms with E-state index in [4.69, 9.17) is 4.74 Å². The molecular weight excluding hydrogens is 398 g/mol. The Morgan fingerprint density at radius 3 is 2.96 bits per heavy atom. The highest BCUT2D eigenvalue weighted by atomic mass is 32.2. The van der Waals surface area contributed by atoms with Crippen LogP contribution in [0.3, 0.4) is 0 Å². The van der Waals surface area contributed by atoms with Crippen molar-refractivity contribution < 1.29 is 14.3 Å². The third-order valence-electron chi connectivity index (χ3n) is 4.50. The number of amides is 1. The molecule has 2 N–H and O–H groups in total. The number of hydrogen-bond donors (Lipinski definition) is 2. The van der Waals surface area contributed by atoms with Gasteiger partial charge in [0.05, 0.1) is 17.6 Å². The molecule has 1 amide bonds. The molecular formula is C19H25N3O4S2. The van der Waals surface area contributed by atoms with Crippen LogP contribution in [0.25, 0.3) is 10.2 Å². The molecule has 2 aromatic rings. The van der Waals surface area contributed by atoms with E-state index in [9.17, 15) is 14.4 Å². The van der Waals surface area contributed by atoms with E-state index in [-0.39, 0.29) is 24.5 Å². The molecule has 1 aliphatic rings. The SMILES string of the molecule is CCCNC(=O)COC(=O)CCSCc1nc2sc3c(c2c(=O)[nH]1)CCCC3. The lowest BCUT2D eigenvalue weighted by molar-refractivity contribution is -0.148. The number of thiophene rings is 1. The molecule has 0 saturated carbocycles. The second kappa shape index (κ2) is 10.1. The van der Waals surface area contributed by atoms with Crippen molar-refractivity contribution in [3.8, 4) is 0 Å². The molecule has 0 bridgehead atoms. The summed E-state index contributed by atoms with van der Waals surface area (Å²) in [6.07, 6.45) is 5.37. The summed E-state index contributed by atoms with van der Waals surface area (Å²) in [5.41, 5.74) is 1.13. The predicted molar refractivity (Wildman–Crippen MR) is 112 cm³/mol. The first-order chi connectivity index (χ1) is 13.6. The number of carbonyl (C=O) groups is 2. The van der Waals surface area contributed by atoms with Gasteiger partial charge in [0, 0.05) is 17.2 Å². The van der Waals surface area contributed by atoms with Crippen LogP contribution in [-0.2, 0) is 32.9 Å². The molecule has 28 heavy (non-hydrogen) atoms. The van der Waals surface area contributed by atoms with Crippen molar-refractivity contribution in [2.45, 2.75) is 51.2 Å². The molecule has 1 aliphatic carbocycles. The van der Waals surface area contributed by atoms with Gasteiger partial charge in [-0.25, -0.2) is 4.98 Å². The lowest BCUT2D eigenvalue weighted by Crippen LogP contribution is -2.29. The number of fused-ring (bicyclic) bond motifs is 3. The lowest BCUT2D eigenvalue weighted by Gasteiger charge is -2.09. The maximum atomic E-state index is 12.5. The van der Waals surface area contributed by atoms with Gasteiger partial charge in [0.15, 0.2) is 6.61 Å². The van der Waals surface area contributed by atoms with E-state index in [0.29, 0.717) is 23.9 Å². The van der Waals surface area contributed by atoms with Crippen molar-refractivity contribution in [2.24, 2.45) is 0 Å². The van der Waals surface area contributed by atoms with E-state index in [0.717, 1.165) is 35.9 Å². The van der Waals surface area contributed by atoms with Gasteiger partial charge in [-0.3, -0.25) is 14.4 Å². The van der Waals surface area contributed by atoms with Gasteiger partial charge < -0.3 is 15.0 Å². The number of aryl methyl sites for hydroxylation is 2. The summed E-state index contributed by atoms with van der Waals surface area (Å²) in [4.78, 5) is 45.2. The van der Waals surface area contributed by atoms with Crippen molar-refractivity contribution in [1.29, 1.82) is 0 Å². The van der Waals surface area contributed by atoms with Crippen molar-refractivity contribution in [2.75, 3.05) is 18.9 Å². The molecule has 9 heteroatoms. The Morgan fingerprint density at radius 2 is 2.14 bits per heavy atom. The molecule has 2 aromatic heterocycles. The van der Waals surface area contributed by atoms with Crippen LogP contribution in [0.15, 0.2) is 4.79 Å². The average Bonchev–Trinajstić information content (AvgIpc) is 3.07. The third kappa shape index (κ3) is 5.35. The normalized spacial score (nSPS) is 13.3. The highest BCUT2D eigenvalue weighted by Crippen LogP contribution is 2.33. The summed E-state index contributed by atoms with van der Waals surface area (Å²) in [7, 11) is 0. The number of carbonyl (C=O) groups excluding carboxylic acids is 2. The molecule has 0 fully saturated rings. The van der Waals surface area contributed by atoms with Gasteiger partial charge in [-0.15, -0.1) is 11.3 Å². The predicted octanol–water partition coefficient (Wildman–Crippen LogP) is 2.56. The Labute approximate surface area is 171 Å². The number of nitrogens with zero attached hydrogens (tertiary/aromatic N) is 1. The standard InChI is InChI=1S/C19H25N3O4S2/c1-2-8-20-15(23)10-26-16(24)7-9-27-11-14-21-18(25)17-12-5-3-4-6-13(12)28-19(17)22-14/h2-11H2,1H3,(H,20,23)(H,21,22,25). The first-order valence-corrected chi connectivity index (χ1v) is 11.6. The third-order valence-corrected chi connectivity index (χ3v) is 6.66. The maximum Gasteiger partial charge on any atom is 0.307 e. The zero-order valence-electron chi connectivity index (χ0n) is 16.0. The van der Waals surface area contributed by atoms with E-state index >= 15 is 0 Å². The molecule has 0 aliphatic heterocycles. The van der Waals surface area contributed by atoms with Gasteiger partial charge >= 0.3 is 5.97 Å². The molecule has 2 heterocycles. The number of hydrogen-bond acceptors (Lipinski definition) is 7. The van der Waals surface area contributed by atoms with Crippen molar-refractivity contribution >= 4 is 45.2 Å². The van der Waals surface area contributed by atoms with Crippen LogP contribution in [0.1, 0.15) is 48.9 Å². The van der Waals surface area contributed by atoms with Gasteiger partial charge in [-0.1, -0.05) is 6.92 Å². The highest BCUT2D eigenvalue weighted by molar-refractivity contribution is 7.98. The maximum absolute atomic E-state index is 12.5.